The molecule has 0 aliphatic carbocycles. The fourth-order valence-electron chi connectivity index (χ4n) is 2.31. The summed E-state index contributed by atoms with van der Waals surface area (Å²) in [6.45, 7) is 1.49. The van der Waals surface area contributed by atoms with Gasteiger partial charge in [0.05, 0.1) is 0 Å². The summed E-state index contributed by atoms with van der Waals surface area (Å²) in [6, 6.07) is 6.81. The number of nitro groups is 1. The first kappa shape index (κ1) is 16.6. The standard InChI is InChI=1S/C15H13F2N5O3/c16-11-2-1-3-12(14(11)17)25-13-5-4-10(8-19-13)9-21-7-6-18-15(21)20-22(23)24/h1-5,8H,6-7,9H2,(H,18,20). The molecule has 25 heavy (non-hydrogen) atoms. The van der Waals surface area contributed by atoms with E-state index in [1.54, 1.807) is 11.0 Å². The Labute approximate surface area is 140 Å². The van der Waals surface area contributed by atoms with Gasteiger partial charge in [0, 0.05) is 31.9 Å². The zero-order valence-corrected chi connectivity index (χ0v) is 12.9. The third-order valence-electron chi connectivity index (χ3n) is 3.44. The van der Waals surface area contributed by atoms with Crippen molar-refractivity contribution in [3.05, 3.63) is 63.8 Å². The highest BCUT2D eigenvalue weighted by Crippen LogP contribution is 2.24. The molecule has 0 atom stereocenters. The number of benzene rings is 1. The number of nitrogens with one attached hydrogen (secondary N) is 1. The highest BCUT2D eigenvalue weighted by molar-refractivity contribution is 5.81. The second-order valence-electron chi connectivity index (χ2n) is 5.17. The molecule has 1 N–H and O–H groups in total. The van der Waals surface area contributed by atoms with Crippen LogP contribution in [0.1, 0.15) is 5.56 Å². The van der Waals surface area contributed by atoms with E-state index in [1.165, 1.54) is 24.4 Å². The molecule has 1 fully saturated rings. The van der Waals surface area contributed by atoms with Crippen molar-refractivity contribution in [3.63, 3.8) is 0 Å². The van der Waals surface area contributed by atoms with Crippen molar-refractivity contribution in [2.24, 2.45) is 5.10 Å². The van der Waals surface area contributed by atoms with E-state index in [1.807, 2.05) is 0 Å². The molecule has 0 saturated carbocycles. The topological polar surface area (TPSA) is 92.9 Å². The largest absolute Gasteiger partial charge is 0.436 e. The zero-order valence-electron chi connectivity index (χ0n) is 12.9. The van der Waals surface area contributed by atoms with Gasteiger partial charge in [-0.25, -0.2) is 19.5 Å². The van der Waals surface area contributed by atoms with Crippen LogP contribution in [0.2, 0.25) is 0 Å². The minimum atomic E-state index is -1.09. The third kappa shape index (κ3) is 3.97. The Balaban J connectivity index is 1.68. The molecule has 8 nitrogen and oxygen atoms in total. The van der Waals surface area contributed by atoms with E-state index in [-0.39, 0.29) is 17.6 Å². The maximum absolute atomic E-state index is 13.6. The van der Waals surface area contributed by atoms with Crippen molar-refractivity contribution in [2.45, 2.75) is 6.54 Å². The van der Waals surface area contributed by atoms with Gasteiger partial charge in [0.25, 0.3) is 5.96 Å². The number of nitrogens with zero attached hydrogens (tertiary/aromatic N) is 4. The molecule has 3 rings (SSSR count). The minimum absolute atomic E-state index is 0.104. The number of hydrazone groups is 1. The van der Waals surface area contributed by atoms with Crippen LogP contribution < -0.4 is 10.1 Å². The minimum Gasteiger partial charge on any atom is -0.436 e. The highest BCUT2D eigenvalue weighted by Gasteiger charge is 2.21. The highest BCUT2D eigenvalue weighted by atomic mass is 19.2. The quantitative estimate of drug-likeness (QED) is 0.656. The molecule has 0 unspecified atom stereocenters. The van der Waals surface area contributed by atoms with Crippen molar-refractivity contribution in [3.8, 4) is 11.6 Å². The van der Waals surface area contributed by atoms with E-state index >= 15 is 0 Å². The Morgan fingerprint density at radius 2 is 2.20 bits per heavy atom. The summed E-state index contributed by atoms with van der Waals surface area (Å²) in [6.07, 6.45) is 1.49. The summed E-state index contributed by atoms with van der Waals surface area (Å²) >= 11 is 0. The predicted molar refractivity (Wildman–Crippen MR) is 83.5 cm³/mol. The summed E-state index contributed by atoms with van der Waals surface area (Å²) in [5, 5.41) is 15.8. The number of guanidine groups is 1. The average molecular weight is 349 g/mol. The van der Waals surface area contributed by atoms with Crippen LogP contribution in [0.3, 0.4) is 0 Å². The molecule has 2 heterocycles. The Bertz CT molecular complexity index is 813. The van der Waals surface area contributed by atoms with Crippen molar-refractivity contribution < 1.29 is 18.6 Å². The van der Waals surface area contributed by atoms with Gasteiger partial charge in [-0.15, -0.1) is 0 Å². The van der Waals surface area contributed by atoms with Gasteiger partial charge in [0.15, 0.2) is 16.6 Å². The summed E-state index contributed by atoms with van der Waals surface area (Å²) in [7, 11) is 0. The summed E-state index contributed by atoms with van der Waals surface area (Å²) in [5.74, 6) is -2.06. The van der Waals surface area contributed by atoms with Crippen LogP contribution in [-0.4, -0.2) is 34.0 Å². The number of pyridine rings is 1. The molecule has 1 aliphatic heterocycles. The van der Waals surface area contributed by atoms with Crippen molar-refractivity contribution in [2.75, 3.05) is 13.1 Å². The van der Waals surface area contributed by atoms with Crippen LogP contribution >= 0.6 is 0 Å². The van der Waals surface area contributed by atoms with E-state index in [0.717, 1.165) is 11.6 Å². The van der Waals surface area contributed by atoms with Gasteiger partial charge in [0.2, 0.25) is 11.7 Å². The number of ether oxygens (including phenoxy) is 1. The van der Waals surface area contributed by atoms with Gasteiger partial charge < -0.3 is 15.0 Å². The lowest BCUT2D eigenvalue weighted by Crippen LogP contribution is -2.30. The first-order valence-electron chi connectivity index (χ1n) is 7.31. The molecule has 2 aromatic rings. The number of hydrogen-bond donors (Lipinski definition) is 1. The molecule has 0 bridgehead atoms. The summed E-state index contributed by atoms with van der Waals surface area (Å²) < 4.78 is 32.0. The molecule has 1 saturated heterocycles. The maximum atomic E-state index is 13.6. The molecule has 0 spiro atoms. The lowest BCUT2D eigenvalue weighted by molar-refractivity contribution is -0.485. The van der Waals surface area contributed by atoms with Gasteiger partial charge in [0.1, 0.15) is 5.10 Å². The van der Waals surface area contributed by atoms with Crippen LogP contribution in [0, 0.1) is 21.7 Å². The Morgan fingerprint density at radius 3 is 2.92 bits per heavy atom. The van der Waals surface area contributed by atoms with E-state index in [9.17, 15) is 18.9 Å². The van der Waals surface area contributed by atoms with Crippen LogP contribution in [-0.2, 0) is 6.54 Å². The number of rotatable bonds is 5. The van der Waals surface area contributed by atoms with Crippen LogP contribution in [0.4, 0.5) is 8.78 Å². The van der Waals surface area contributed by atoms with Gasteiger partial charge in [-0.3, -0.25) is 0 Å². The lowest BCUT2D eigenvalue weighted by Gasteiger charge is -2.15. The average Bonchev–Trinajstić information content (AvgIpc) is 3.00. The van der Waals surface area contributed by atoms with Gasteiger partial charge in [-0.2, -0.15) is 4.39 Å². The molecular weight excluding hydrogens is 336 g/mol. The SMILES string of the molecule is O=[N+]([O-])/N=C1\NCCN1Cc1ccc(Oc2cccc(F)c2F)nc1. The van der Waals surface area contributed by atoms with Crippen LogP contribution in [0.15, 0.2) is 41.6 Å². The normalized spacial score (nSPS) is 15.3. The molecule has 1 aliphatic rings. The van der Waals surface area contributed by atoms with Gasteiger partial charge in [-0.05, 0) is 17.7 Å². The van der Waals surface area contributed by atoms with E-state index in [4.69, 9.17) is 4.74 Å². The lowest BCUT2D eigenvalue weighted by atomic mass is 10.2. The smallest absolute Gasteiger partial charge is 0.271 e. The second-order valence-corrected chi connectivity index (χ2v) is 5.17. The Hall–Kier alpha value is -3.30. The summed E-state index contributed by atoms with van der Waals surface area (Å²) in [5.41, 5.74) is 0.756. The van der Waals surface area contributed by atoms with Crippen molar-refractivity contribution in [1.29, 1.82) is 0 Å². The number of aromatic nitrogens is 1. The summed E-state index contributed by atoms with van der Waals surface area (Å²) in [4.78, 5) is 16.2. The third-order valence-corrected chi connectivity index (χ3v) is 3.44. The molecule has 1 aromatic heterocycles. The van der Waals surface area contributed by atoms with E-state index in [2.05, 4.69) is 15.4 Å². The zero-order chi connectivity index (χ0) is 17.8. The molecular formula is C15H13F2N5O3. The fraction of sp³-hybridized carbons (Fsp3) is 0.200. The monoisotopic (exact) mass is 349 g/mol. The number of halogens is 2. The molecule has 10 heteroatoms. The fourth-order valence-corrected chi connectivity index (χ4v) is 2.31. The predicted octanol–water partition coefficient (Wildman–Crippen LogP) is 2.10. The molecule has 0 amide bonds. The Morgan fingerprint density at radius 1 is 1.36 bits per heavy atom. The van der Waals surface area contributed by atoms with E-state index in [0.29, 0.717) is 19.6 Å². The van der Waals surface area contributed by atoms with Gasteiger partial charge in [-0.1, -0.05) is 12.1 Å². The van der Waals surface area contributed by atoms with Crippen molar-refractivity contribution >= 4 is 5.96 Å². The Kier molecular flexibility index (Phi) is 4.68. The van der Waals surface area contributed by atoms with Gasteiger partial charge >= 0.3 is 0 Å². The first-order valence-corrected chi connectivity index (χ1v) is 7.31. The second kappa shape index (κ2) is 7.07. The molecule has 1 aromatic carbocycles. The van der Waals surface area contributed by atoms with E-state index < -0.39 is 16.7 Å². The van der Waals surface area contributed by atoms with Crippen LogP contribution in [0.25, 0.3) is 0 Å². The first-order chi connectivity index (χ1) is 12.0. The van der Waals surface area contributed by atoms with Crippen molar-refractivity contribution in [1.82, 2.24) is 15.2 Å². The maximum Gasteiger partial charge on any atom is 0.271 e. The molecule has 0 radical (unpaired) electrons. The molecule has 130 valence electrons. The number of hydrogen-bond acceptors (Lipinski definition) is 4. The van der Waals surface area contributed by atoms with Crippen LogP contribution in [0.5, 0.6) is 11.6 Å².